The maximum Gasteiger partial charge on any atom is 0.294 e. The summed E-state index contributed by atoms with van der Waals surface area (Å²) in [5.74, 6) is -0.551. The van der Waals surface area contributed by atoms with Crippen LogP contribution < -0.4 is 9.47 Å². The first-order chi connectivity index (χ1) is 16.3. The highest BCUT2D eigenvalue weighted by molar-refractivity contribution is 6.39. The Hall–Kier alpha value is -2.61. The van der Waals surface area contributed by atoms with Gasteiger partial charge in [0.15, 0.2) is 0 Å². The number of aliphatic hydroxyl groups is 1. The van der Waals surface area contributed by atoms with Gasteiger partial charge in [-0.15, -0.1) is 0 Å². The topological polar surface area (TPSA) is 96.4 Å². The third-order valence-corrected chi connectivity index (χ3v) is 8.60. The van der Waals surface area contributed by atoms with Crippen LogP contribution in [0.3, 0.4) is 0 Å². The van der Waals surface area contributed by atoms with E-state index in [1.54, 1.807) is 14.2 Å². The van der Waals surface area contributed by atoms with E-state index in [0.717, 1.165) is 24.0 Å². The average molecular weight is 471 g/mol. The number of fused-ring (bicyclic) bond motifs is 6. The van der Waals surface area contributed by atoms with E-state index in [1.807, 2.05) is 24.0 Å². The Kier molecular flexibility index (Phi) is 5.82. The summed E-state index contributed by atoms with van der Waals surface area (Å²) >= 11 is 0. The summed E-state index contributed by atoms with van der Waals surface area (Å²) in [7, 11) is 3.20. The third-order valence-electron chi connectivity index (χ3n) is 8.60. The van der Waals surface area contributed by atoms with Gasteiger partial charge in [0.25, 0.3) is 11.7 Å². The number of Topliss-reactive ketones (excluding diaryl/α,β-unsaturated/α-hetero) is 1. The predicted octanol–water partition coefficient (Wildman–Crippen LogP) is 2.40. The molecule has 3 aliphatic heterocycles. The van der Waals surface area contributed by atoms with Gasteiger partial charge in [0.05, 0.1) is 26.3 Å². The maximum atomic E-state index is 13.7. The van der Waals surface area contributed by atoms with E-state index in [4.69, 9.17) is 9.47 Å². The molecule has 0 aromatic heterocycles. The summed E-state index contributed by atoms with van der Waals surface area (Å²) in [4.78, 5) is 44.3. The van der Waals surface area contributed by atoms with Crippen LogP contribution >= 0.6 is 0 Å². The number of piperazine rings is 1. The Morgan fingerprint density at radius 3 is 2.59 bits per heavy atom. The van der Waals surface area contributed by atoms with Crippen LogP contribution in [-0.4, -0.2) is 71.0 Å². The second-order valence-corrected chi connectivity index (χ2v) is 10.3. The van der Waals surface area contributed by atoms with E-state index >= 15 is 0 Å². The van der Waals surface area contributed by atoms with E-state index in [2.05, 4.69) is 0 Å². The molecule has 5 atom stereocenters. The second-order valence-electron chi connectivity index (χ2n) is 10.3. The fourth-order valence-electron chi connectivity index (χ4n) is 6.70. The lowest BCUT2D eigenvalue weighted by atomic mass is 9.72. The number of amides is 2. The molecular formula is C26H34N2O6. The second kappa shape index (κ2) is 8.56. The molecule has 2 amide bonds. The molecule has 1 aromatic rings. The van der Waals surface area contributed by atoms with Gasteiger partial charge >= 0.3 is 0 Å². The van der Waals surface area contributed by atoms with Crippen LogP contribution in [0.5, 0.6) is 11.5 Å². The third kappa shape index (κ3) is 3.33. The molecule has 8 heteroatoms. The van der Waals surface area contributed by atoms with Crippen LogP contribution in [-0.2, 0) is 20.8 Å². The molecule has 3 heterocycles. The van der Waals surface area contributed by atoms with Gasteiger partial charge in [-0.05, 0) is 56.1 Å². The highest BCUT2D eigenvalue weighted by atomic mass is 16.5. The molecule has 1 aliphatic carbocycles. The summed E-state index contributed by atoms with van der Waals surface area (Å²) in [6.07, 6.45) is 5.37. The molecule has 0 radical (unpaired) electrons. The number of hydrogen-bond donors (Lipinski definition) is 1. The van der Waals surface area contributed by atoms with Crippen LogP contribution in [0, 0.1) is 5.92 Å². The SMILES string of the molecule is COc1cc2c(c(OC)c1)C1[C@H]3CCC[C@@H](C(=O)N1CC2)N3C(=O)C(=O)[C@]1(O)CCCC[C@H]1C. The zero-order valence-electron chi connectivity index (χ0n) is 20.2. The van der Waals surface area contributed by atoms with Gasteiger partial charge in [0.1, 0.15) is 23.1 Å². The number of rotatable bonds is 4. The smallest absolute Gasteiger partial charge is 0.294 e. The quantitative estimate of drug-likeness (QED) is 0.679. The van der Waals surface area contributed by atoms with E-state index < -0.39 is 23.3 Å². The van der Waals surface area contributed by atoms with Crippen molar-refractivity contribution in [2.75, 3.05) is 20.8 Å². The standard InChI is InChI=1S/C26H34N2O6/c1-15-7-4-5-11-26(15,32)23(29)25(31)28-18-8-6-9-19(28)24(30)27-12-10-16-13-17(33-2)14-20(34-3)21(16)22(18)27/h13-15,18-19,22,32H,4-12H2,1-3H3/t15-,18-,19+,22?,26+/m1/s1. The van der Waals surface area contributed by atoms with Gasteiger partial charge in [-0.1, -0.05) is 19.8 Å². The predicted molar refractivity (Wildman–Crippen MR) is 124 cm³/mol. The van der Waals surface area contributed by atoms with Gasteiger partial charge in [-0.3, -0.25) is 14.4 Å². The zero-order chi connectivity index (χ0) is 24.2. The van der Waals surface area contributed by atoms with Crippen LogP contribution in [0.1, 0.15) is 69.0 Å². The van der Waals surface area contributed by atoms with Gasteiger partial charge in [-0.2, -0.15) is 0 Å². The first-order valence-corrected chi connectivity index (χ1v) is 12.5. The lowest BCUT2D eigenvalue weighted by molar-refractivity contribution is -0.175. The van der Waals surface area contributed by atoms with Gasteiger partial charge in [-0.25, -0.2) is 0 Å². The Labute approximate surface area is 200 Å². The summed E-state index contributed by atoms with van der Waals surface area (Å²) in [6, 6.07) is 2.41. The highest BCUT2D eigenvalue weighted by Crippen LogP contribution is 2.48. The first kappa shape index (κ1) is 23.1. The monoisotopic (exact) mass is 470 g/mol. The lowest BCUT2D eigenvalue weighted by Gasteiger charge is -2.56. The molecule has 1 N–H and O–H groups in total. The Bertz CT molecular complexity index is 1010. The van der Waals surface area contributed by atoms with Crippen molar-refractivity contribution in [1.82, 2.24) is 9.80 Å². The molecule has 184 valence electrons. The highest BCUT2D eigenvalue weighted by Gasteiger charge is 2.56. The van der Waals surface area contributed by atoms with Crippen molar-refractivity contribution in [3.8, 4) is 11.5 Å². The molecule has 1 unspecified atom stereocenters. The van der Waals surface area contributed by atoms with Gasteiger partial charge in [0, 0.05) is 18.2 Å². The molecule has 2 saturated heterocycles. The number of carbonyl (C=O) groups is 3. The number of benzene rings is 1. The first-order valence-electron chi connectivity index (χ1n) is 12.5. The molecule has 0 spiro atoms. The molecule has 34 heavy (non-hydrogen) atoms. The zero-order valence-corrected chi connectivity index (χ0v) is 20.2. The molecule has 1 saturated carbocycles. The number of hydrogen-bond acceptors (Lipinski definition) is 6. The minimum absolute atomic E-state index is 0.116. The molecule has 4 aliphatic rings. The van der Waals surface area contributed by atoms with Crippen LogP contribution in [0.4, 0.5) is 0 Å². The van der Waals surface area contributed by atoms with Crippen molar-refractivity contribution in [3.05, 3.63) is 23.3 Å². The molecule has 8 nitrogen and oxygen atoms in total. The van der Waals surface area contributed by atoms with E-state index in [-0.39, 0.29) is 23.9 Å². The maximum absolute atomic E-state index is 13.7. The van der Waals surface area contributed by atoms with Crippen molar-refractivity contribution in [2.24, 2.45) is 5.92 Å². The van der Waals surface area contributed by atoms with Gasteiger partial charge < -0.3 is 24.4 Å². The number of piperidine rings is 1. The van der Waals surface area contributed by atoms with Crippen molar-refractivity contribution in [3.63, 3.8) is 0 Å². The van der Waals surface area contributed by atoms with Crippen molar-refractivity contribution in [1.29, 1.82) is 0 Å². The van der Waals surface area contributed by atoms with Crippen molar-refractivity contribution >= 4 is 17.6 Å². The molecular weight excluding hydrogens is 436 g/mol. The summed E-state index contributed by atoms with van der Waals surface area (Å²) in [5, 5.41) is 11.2. The average Bonchev–Trinajstić information content (AvgIpc) is 2.86. The number of carbonyl (C=O) groups excluding carboxylic acids is 3. The normalized spacial score (nSPS) is 32.5. The van der Waals surface area contributed by atoms with Crippen molar-refractivity contribution in [2.45, 2.75) is 82.0 Å². The summed E-state index contributed by atoms with van der Waals surface area (Å²) < 4.78 is 11.2. The van der Waals surface area contributed by atoms with Gasteiger partial charge in [0.2, 0.25) is 5.91 Å². The number of methoxy groups -OCH3 is 2. The minimum Gasteiger partial charge on any atom is -0.497 e. The minimum atomic E-state index is -1.65. The molecule has 1 aromatic carbocycles. The van der Waals surface area contributed by atoms with E-state index in [0.29, 0.717) is 56.6 Å². The number of nitrogens with zero attached hydrogens (tertiary/aromatic N) is 2. The Morgan fingerprint density at radius 1 is 1.09 bits per heavy atom. The fourth-order valence-corrected chi connectivity index (χ4v) is 6.70. The number of ether oxygens (including phenoxy) is 2. The lowest BCUT2D eigenvalue weighted by Crippen LogP contribution is -2.69. The number of ketones is 1. The van der Waals surface area contributed by atoms with Crippen LogP contribution in [0.2, 0.25) is 0 Å². The molecule has 5 rings (SSSR count). The van der Waals surface area contributed by atoms with E-state index in [1.165, 1.54) is 4.90 Å². The van der Waals surface area contributed by atoms with Crippen molar-refractivity contribution < 1.29 is 29.0 Å². The van der Waals surface area contributed by atoms with Crippen LogP contribution in [0.25, 0.3) is 0 Å². The molecule has 2 bridgehead atoms. The largest absolute Gasteiger partial charge is 0.497 e. The molecule has 3 fully saturated rings. The van der Waals surface area contributed by atoms with E-state index in [9.17, 15) is 19.5 Å². The Morgan fingerprint density at radius 2 is 1.88 bits per heavy atom. The Balaban J connectivity index is 1.56. The summed E-state index contributed by atoms with van der Waals surface area (Å²) in [5.41, 5.74) is 0.273. The fraction of sp³-hybridized carbons (Fsp3) is 0.654. The van der Waals surface area contributed by atoms with Crippen LogP contribution in [0.15, 0.2) is 12.1 Å². The summed E-state index contributed by atoms with van der Waals surface area (Å²) in [6.45, 7) is 2.39.